The van der Waals surface area contributed by atoms with Crippen LogP contribution in [0.2, 0.25) is 0 Å². The van der Waals surface area contributed by atoms with Gasteiger partial charge in [0.15, 0.2) is 0 Å². The van der Waals surface area contributed by atoms with Gasteiger partial charge in [0.2, 0.25) is 11.8 Å². The van der Waals surface area contributed by atoms with Crippen LogP contribution in [0.15, 0.2) is 85.3 Å². The van der Waals surface area contributed by atoms with Gasteiger partial charge in [-0.15, -0.1) is 0 Å². The fraction of sp³-hybridized carbons (Fsp3) is 0.222. The van der Waals surface area contributed by atoms with E-state index >= 15 is 0 Å². The van der Waals surface area contributed by atoms with E-state index in [0.717, 1.165) is 29.0 Å². The zero-order valence-corrected chi connectivity index (χ0v) is 19.2. The summed E-state index contributed by atoms with van der Waals surface area (Å²) in [6.07, 6.45) is 7.36. The Balaban J connectivity index is 1.28. The summed E-state index contributed by atoms with van der Waals surface area (Å²) in [5.74, 6) is 1.89. The standard InChI is InChI=1S/C27H28N4O3/c1-2-17-33-24-11-13-25(14-12-24)34-27-22(7-6-16-28-27)19-29-26(32)15-10-21-18-30-31(20-21)23-8-4-3-5-9-23/h3-9,11-14,16,18,20H,2,10,15,17,19H2,1H3,(H,29,32). The maximum atomic E-state index is 12.4. The van der Waals surface area contributed by atoms with Gasteiger partial charge in [-0.1, -0.05) is 31.2 Å². The quantitative estimate of drug-likeness (QED) is 0.340. The highest BCUT2D eigenvalue weighted by Crippen LogP contribution is 2.25. The molecule has 0 unspecified atom stereocenters. The first-order valence-electron chi connectivity index (χ1n) is 11.4. The molecule has 0 radical (unpaired) electrons. The summed E-state index contributed by atoms with van der Waals surface area (Å²) >= 11 is 0. The maximum absolute atomic E-state index is 12.4. The number of ether oxygens (including phenoxy) is 2. The summed E-state index contributed by atoms with van der Waals surface area (Å²) in [5.41, 5.74) is 2.81. The Kier molecular flexibility index (Phi) is 7.90. The Bertz CT molecular complexity index is 1190. The first kappa shape index (κ1) is 23.0. The van der Waals surface area contributed by atoms with Gasteiger partial charge in [-0.3, -0.25) is 4.79 Å². The molecule has 2 aromatic carbocycles. The van der Waals surface area contributed by atoms with Gasteiger partial charge in [-0.25, -0.2) is 9.67 Å². The van der Waals surface area contributed by atoms with Gasteiger partial charge in [-0.05, 0) is 60.9 Å². The number of carbonyl (C=O) groups excluding carboxylic acids is 1. The summed E-state index contributed by atoms with van der Waals surface area (Å²) in [7, 11) is 0. The van der Waals surface area contributed by atoms with Crippen molar-refractivity contribution in [1.82, 2.24) is 20.1 Å². The van der Waals surface area contributed by atoms with E-state index in [4.69, 9.17) is 9.47 Å². The fourth-order valence-electron chi connectivity index (χ4n) is 3.34. The zero-order valence-electron chi connectivity index (χ0n) is 19.2. The Labute approximate surface area is 199 Å². The second kappa shape index (κ2) is 11.7. The molecule has 1 N–H and O–H groups in total. The Morgan fingerprint density at radius 3 is 2.59 bits per heavy atom. The highest BCUT2D eigenvalue weighted by molar-refractivity contribution is 5.76. The van der Waals surface area contributed by atoms with Crippen molar-refractivity contribution in [2.45, 2.75) is 32.7 Å². The highest BCUT2D eigenvalue weighted by Gasteiger charge is 2.10. The maximum Gasteiger partial charge on any atom is 0.224 e. The molecule has 174 valence electrons. The Morgan fingerprint density at radius 2 is 1.79 bits per heavy atom. The smallest absolute Gasteiger partial charge is 0.224 e. The average Bonchev–Trinajstić information content (AvgIpc) is 3.36. The first-order chi connectivity index (χ1) is 16.7. The fourth-order valence-corrected chi connectivity index (χ4v) is 3.34. The number of hydrogen-bond acceptors (Lipinski definition) is 5. The molecule has 0 bridgehead atoms. The molecule has 0 saturated heterocycles. The second-order valence-electron chi connectivity index (χ2n) is 7.80. The van der Waals surface area contributed by atoms with Crippen molar-refractivity contribution < 1.29 is 14.3 Å². The number of pyridine rings is 1. The van der Waals surface area contributed by atoms with Crippen molar-refractivity contribution in [1.29, 1.82) is 0 Å². The molecule has 0 aliphatic heterocycles. The summed E-state index contributed by atoms with van der Waals surface area (Å²) in [6, 6.07) is 21.0. The van der Waals surface area contributed by atoms with Crippen LogP contribution in [0.3, 0.4) is 0 Å². The van der Waals surface area contributed by atoms with Crippen LogP contribution in [0.25, 0.3) is 5.69 Å². The van der Waals surface area contributed by atoms with Crippen molar-refractivity contribution in [3.63, 3.8) is 0 Å². The Morgan fingerprint density at radius 1 is 1.00 bits per heavy atom. The number of nitrogens with one attached hydrogen (secondary N) is 1. The number of para-hydroxylation sites is 1. The van der Waals surface area contributed by atoms with Crippen LogP contribution in [0.4, 0.5) is 0 Å². The van der Waals surface area contributed by atoms with Crippen LogP contribution in [-0.4, -0.2) is 27.3 Å². The average molecular weight is 457 g/mol. The van der Waals surface area contributed by atoms with Crippen LogP contribution < -0.4 is 14.8 Å². The molecular formula is C27H28N4O3. The number of rotatable bonds is 11. The lowest BCUT2D eigenvalue weighted by Gasteiger charge is -2.11. The third-order valence-electron chi connectivity index (χ3n) is 5.13. The number of carbonyl (C=O) groups is 1. The molecule has 0 spiro atoms. The minimum Gasteiger partial charge on any atom is -0.494 e. The molecule has 2 heterocycles. The molecule has 0 fully saturated rings. The molecule has 7 heteroatoms. The molecule has 0 aliphatic carbocycles. The van der Waals surface area contributed by atoms with Crippen molar-refractivity contribution >= 4 is 5.91 Å². The van der Waals surface area contributed by atoms with Crippen molar-refractivity contribution in [2.75, 3.05) is 6.61 Å². The minimum atomic E-state index is -0.0420. The van der Waals surface area contributed by atoms with Gasteiger partial charge in [0.05, 0.1) is 18.5 Å². The van der Waals surface area contributed by atoms with Crippen LogP contribution in [-0.2, 0) is 17.8 Å². The number of aryl methyl sites for hydroxylation is 1. The van der Waals surface area contributed by atoms with E-state index in [-0.39, 0.29) is 5.91 Å². The number of aromatic nitrogens is 3. The molecule has 34 heavy (non-hydrogen) atoms. The SMILES string of the molecule is CCCOc1ccc(Oc2ncccc2CNC(=O)CCc2cnn(-c3ccccc3)c2)cc1. The van der Waals surface area contributed by atoms with Gasteiger partial charge >= 0.3 is 0 Å². The molecule has 0 aliphatic rings. The summed E-state index contributed by atoms with van der Waals surface area (Å²) < 4.78 is 13.4. The van der Waals surface area contributed by atoms with E-state index in [1.807, 2.05) is 77.6 Å². The minimum absolute atomic E-state index is 0.0420. The van der Waals surface area contributed by atoms with Gasteiger partial charge in [0.25, 0.3) is 0 Å². The summed E-state index contributed by atoms with van der Waals surface area (Å²) in [5, 5.41) is 7.34. The molecular weight excluding hydrogens is 428 g/mol. The summed E-state index contributed by atoms with van der Waals surface area (Å²) in [6.45, 7) is 3.08. The van der Waals surface area contributed by atoms with E-state index in [1.54, 1.807) is 12.4 Å². The molecule has 4 aromatic rings. The van der Waals surface area contributed by atoms with E-state index in [9.17, 15) is 4.79 Å². The van der Waals surface area contributed by atoms with Gasteiger partial charge in [-0.2, -0.15) is 5.10 Å². The topological polar surface area (TPSA) is 78.3 Å². The second-order valence-corrected chi connectivity index (χ2v) is 7.80. The predicted octanol–water partition coefficient (Wildman–Crippen LogP) is 5.10. The van der Waals surface area contributed by atoms with E-state index in [1.165, 1.54) is 0 Å². The van der Waals surface area contributed by atoms with Crippen LogP contribution in [0, 0.1) is 0 Å². The van der Waals surface area contributed by atoms with Crippen molar-refractivity contribution in [3.05, 3.63) is 96.4 Å². The number of amides is 1. The zero-order chi connectivity index (χ0) is 23.6. The van der Waals surface area contributed by atoms with E-state index in [2.05, 4.69) is 22.3 Å². The van der Waals surface area contributed by atoms with Crippen molar-refractivity contribution in [3.8, 4) is 23.1 Å². The Hall–Kier alpha value is -4.13. The van der Waals surface area contributed by atoms with Gasteiger partial charge in [0.1, 0.15) is 11.5 Å². The third-order valence-corrected chi connectivity index (χ3v) is 5.13. The molecule has 0 saturated carbocycles. The lowest BCUT2D eigenvalue weighted by atomic mass is 10.2. The van der Waals surface area contributed by atoms with Gasteiger partial charge in [0, 0.05) is 30.9 Å². The normalized spacial score (nSPS) is 10.6. The van der Waals surface area contributed by atoms with Crippen molar-refractivity contribution in [2.24, 2.45) is 0 Å². The molecule has 0 atom stereocenters. The van der Waals surface area contributed by atoms with Crippen LogP contribution in [0.5, 0.6) is 17.4 Å². The van der Waals surface area contributed by atoms with Gasteiger partial charge < -0.3 is 14.8 Å². The predicted molar refractivity (Wildman–Crippen MR) is 130 cm³/mol. The molecule has 1 amide bonds. The largest absolute Gasteiger partial charge is 0.494 e. The lowest BCUT2D eigenvalue weighted by molar-refractivity contribution is -0.121. The number of nitrogens with zero attached hydrogens (tertiary/aromatic N) is 3. The number of benzene rings is 2. The van der Waals surface area contributed by atoms with E-state index < -0.39 is 0 Å². The van der Waals surface area contributed by atoms with Crippen LogP contribution in [0.1, 0.15) is 30.9 Å². The van der Waals surface area contributed by atoms with E-state index in [0.29, 0.717) is 37.6 Å². The summed E-state index contributed by atoms with van der Waals surface area (Å²) in [4.78, 5) is 16.8. The number of hydrogen-bond donors (Lipinski definition) is 1. The molecule has 7 nitrogen and oxygen atoms in total. The third kappa shape index (κ3) is 6.45. The first-order valence-corrected chi connectivity index (χ1v) is 11.4. The molecule has 4 rings (SSSR count). The van der Waals surface area contributed by atoms with Crippen LogP contribution >= 0.6 is 0 Å². The lowest BCUT2D eigenvalue weighted by Crippen LogP contribution is -2.23. The molecule has 2 aromatic heterocycles. The highest BCUT2D eigenvalue weighted by atomic mass is 16.5. The monoisotopic (exact) mass is 456 g/mol.